The standard InChI is InChI=1S/C18H27N7O3S/c1-3-17(26)24-8-5-4-6-14(24)18-21-20-15-7-9-23(10-11-25(15)18)29(27,28)16-12-22(2)13-19-16/h12-14H,3-11H2,1-2H3. The number of carbonyl (C=O) groups is 1. The smallest absolute Gasteiger partial charge is 0.262 e. The quantitative estimate of drug-likeness (QED) is 0.720. The minimum absolute atomic E-state index is 0.0601. The van der Waals surface area contributed by atoms with Gasteiger partial charge in [0.25, 0.3) is 10.0 Å². The molecular weight excluding hydrogens is 394 g/mol. The molecule has 1 saturated heterocycles. The molecule has 158 valence electrons. The van der Waals surface area contributed by atoms with E-state index < -0.39 is 10.0 Å². The topological polar surface area (TPSA) is 106 Å². The third kappa shape index (κ3) is 3.68. The molecule has 0 saturated carbocycles. The van der Waals surface area contributed by atoms with Crippen LogP contribution in [0.2, 0.25) is 0 Å². The number of nitrogens with zero attached hydrogens (tertiary/aromatic N) is 7. The minimum Gasteiger partial charge on any atom is -0.339 e. The molecule has 0 N–H and O–H groups in total. The van der Waals surface area contributed by atoms with Crippen LogP contribution >= 0.6 is 0 Å². The molecule has 2 aromatic heterocycles. The number of aromatic nitrogens is 5. The average molecular weight is 422 g/mol. The molecule has 10 nitrogen and oxygen atoms in total. The summed E-state index contributed by atoms with van der Waals surface area (Å²) in [5, 5.41) is 8.81. The highest BCUT2D eigenvalue weighted by Gasteiger charge is 2.34. The number of imidazole rings is 1. The number of piperidine rings is 1. The van der Waals surface area contributed by atoms with Crippen molar-refractivity contribution in [2.75, 3.05) is 19.6 Å². The van der Waals surface area contributed by atoms with Gasteiger partial charge in [-0.1, -0.05) is 6.92 Å². The molecule has 1 amide bonds. The van der Waals surface area contributed by atoms with Crippen LogP contribution in [0.25, 0.3) is 0 Å². The fraction of sp³-hybridized carbons (Fsp3) is 0.667. The Bertz CT molecular complexity index is 997. The molecule has 11 heteroatoms. The molecule has 0 spiro atoms. The maximum atomic E-state index is 12.9. The lowest BCUT2D eigenvalue weighted by atomic mass is 10.0. The largest absolute Gasteiger partial charge is 0.339 e. The van der Waals surface area contributed by atoms with Gasteiger partial charge >= 0.3 is 0 Å². The second kappa shape index (κ2) is 7.86. The van der Waals surface area contributed by atoms with Crippen molar-refractivity contribution in [1.29, 1.82) is 0 Å². The molecule has 29 heavy (non-hydrogen) atoms. The van der Waals surface area contributed by atoms with Crippen LogP contribution in [-0.4, -0.2) is 67.5 Å². The molecule has 4 heterocycles. The van der Waals surface area contributed by atoms with Gasteiger partial charge in [0.05, 0.1) is 12.4 Å². The van der Waals surface area contributed by atoms with E-state index in [1.165, 1.54) is 16.8 Å². The lowest BCUT2D eigenvalue weighted by molar-refractivity contribution is -0.135. The van der Waals surface area contributed by atoms with Crippen molar-refractivity contribution in [2.24, 2.45) is 7.05 Å². The number of carbonyl (C=O) groups excluding carboxylic acids is 1. The van der Waals surface area contributed by atoms with Gasteiger partial charge in [-0.3, -0.25) is 4.79 Å². The van der Waals surface area contributed by atoms with Gasteiger partial charge in [-0.2, -0.15) is 4.31 Å². The van der Waals surface area contributed by atoms with E-state index >= 15 is 0 Å². The van der Waals surface area contributed by atoms with E-state index in [0.29, 0.717) is 32.5 Å². The van der Waals surface area contributed by atoms with Gasteiger partial charge in [0.1, 0.15) is 5.82 Å². The number of rotatable bonds is 4. The molecule has 0 aromatic carbocycles. The monoisotopic (exact) mass is 421 g/mol. The number of aryl methyl sites for hydroxylation is 1. The van der Waals surface area contributed by atoms with E-state index in [1.807, 2.05) is 16.4 Å². The highest BCUT2D eigenvalue weighted by atomic mass is 32.2. The molecule has 2 aromatic rings. The Morgan fingerprint density at radius 1 is 1.17 bits per heavy atom. The zero-order valence-corrected chi connectivity index (χ0v) is 17.7. The van der Waals surface area contributed by atoms with E-state index in [9.17, 15) is 13.2 Å². The summed E-state index contributed by atoms with van der Waals surface area (Å²) >= 11 is 0. The molecule has 2 aliphatic rings. The van der Waals surface area contributed by atoms with Crippen molar-refractivity contribution >= 4 is 15.9 Å². The van der Waals surface area contributed by atoms with Gasteiger partial charge < -0.3 is 14.0 Å². The SMILES string of the molecule is CCC(=O)N1CCCCC1c1nnc2n1CCN(S(=O)(=O)c1cn(C)cn1)CC2. The van der Waals surface area contributed by atoms with Gasteiger partial charge in [0.2, 0.25) is 5.91 Å². The van der Waals surface area contributed by atoms with Crippen LogP contribution in [0, 0.1) is 0 Å². The predicted molar refractivity (Wildman–Crippen MR) is 104 cm³/mol. The molecule has 1 atom stereocenters. The van der Waals surface area contributed by atoms with Crippen molar-refractivity contribution in [1.82, 2.24) is 33.5 Å². The van der Waals surface area contributed by atoms with Crippen LogP contribution in [0.1, 0.15) is 50.3 Å². The predicted octanol–water partition coefficient (Wildman–Crippen LogP) is 0.722. The second-order valence-electron chi connectivity index (χ2n) is 7.61. The normalized spacial score (nSPS) is 21.0. The maximum Gasteiger partial charge on any atom is 0.262 e. The van der Waals surface area contributed by atoms with Gasteiger partial charge in [-0.05, 0) is 19.3 Å². The zero-order chi connectivity index (χ0) is 20.6. The summed E-state index contributed by atoms with van der Waals surface area (Å²) in [6.07, 6.45) is 6.85. The lowest BCUT2D eigenvalue weighted by Gasteiger charge is -2.35. The van der Waals surface area contributed by atoms with Crippen LogP contribution in [-0.2, 0) is 34.8 Å². The lowest BCUT2D eigenvalue weighted by Crippen LogP contribution is -2.39. The first-order valence-electron chi connectivity index (χ1n) is 10.1. The first kappa shape index (κ1) is 20.0. The van der Waals surface area contributed by atoms with Crippen molar-refractivity contribution < 1.29 is 13.2 Å². The molecule has 1 fully saturated rings. The van der Waals surface area contributed by atoms with Crippen LogP contribution in [0.15, 0.2) is 17.6 Å². The van der Waals surface area contributed by atoms with Gasteiger partial charge in [0, 0.05) is 52.3 Å². The molecular formula is C18H27N7O3S. The fourth-order valence-corrected chi connectivity index (χ4v) is 5.57. The summed E-state index contributed by atoms with van der Waals surface area (Å²) in [4.78, 5) is 18.3. The number of fused-ring (bicyclic) bond motifs is 1. The Kier molecular flexibility index (Phi) is 5.43. The summed E-state index contributed by atoms with van der Waals surface area (Å²) < 4.78 is 31.0. The zero-order valence-electron chi connectivity index (χ0n) is 16.9. The molecule has 2 aliphatic heterocycles. The number of sulfonamides is 1. The Morgan fingerprint density at radius 3 is 2.72 bits per heavy atom. The average Bonchev–Trinajstić information content (AvgIpc) is 3.28. The number of amides is 1. The Balaban J connectivity index is 1.57. The fourth-order valence-electron chi connectivity index (χ4n) is 4.17. The Hall–Kier alpha value is -2.27. The summed E-state index contributed by atoms with van der Waals surface area (Å²) in [5.74, 6) is 1.67. The molecule has 4 rings (SSSR count). The van der Waals surface area contributed by atoms with Crippen molar-refractivity contribution in [2.45, 2.75) is 56.6 Å². The van der Waals surface area contributed by atoms with Crippen molar-refractivity contribution in [3.8, 4) is 0 Å². The van der Waals surface area contributed by atoms with E-state index in [4.69, 9.17) is 0 Å². The van der Waals surface area contributed by atoms with Crippen LogP contribution in [0.3, 0.4) is 0 Å². The number of hydrogen-bond acceptors (Lipinski definition) is 6. The highest BCUT2D eigenvalue weighted by molar-refractivity contribution is 7.89. The van der Waals surface area contributed by atoms with Gasteiger partial charge in [0.15, 0.2) is 10.9 Å². The first-order valence-corrected chi connectivity index (χ1v) is 11.6. The first-order chi connectivity index (χ1) is 13.9. The summed E-state index contributed by atoms with van der Waals surface area (Å²) in [7, 11) is -1.91. The van der Waals surface area contributed by atoms with E-state index in [-0.39, 0.29) is 17.0 Å². The van der Waals surface area contributed by atoms with Crippen LogP contribution in [0.4, 0.5) is 0 Å². The maximum absolute atomic E-state index is 12.9. The Labute approximate surface area is 170 Å². The molecule has 0 radical (unpaired) electrons. The van der Waals surface area contributed by atoms with Crippen molar-refractivity contribution in [3.63, 3.8) is 0 Å². The van der Waals surface area contributed by atoms with E-state index in [1.54, 1.807) is 11.6 Å². The van der Waals surface area contributed by atoms with Gasteiger partial charge in [-0.15, -0.1) is 10.2 Å². The van der Waals surface area contributed by atoms with E-state index in [2.05, 4.69) is 15.2 Å². The van der Waals surface area contributed by atoms with Crippen LogP contribution < -0.4 is 0 Å². The molecule has 0 bridgehead atoms. The number of likely N-dealkylation sites (tertiary alicyclic amines) is 1. The minimum atomic E-state index is -3.65. The second-order valence-corrected chi connectivity index (χ2v) is 9.49. The summed E-state index contributed by atoms with van der Waals surface area (Å²) in [6, 6.07) is -0.0867. The van der Waals surface area contributed by atoms with Crippen LogP contribution in [0.5, 0.6) is 0 Å². The third-order valence-corrected chi connectivity index (χ3v) is 7.51. The number of hydrogen-bond donors (Lipinski definition) is 0. The highest BCUT2D eigenvalue weighted by Crippen LogP contribution is 2.31. The Morgan fingerprint density at radius 2 is 2.00 bits per heavy atom. The molecule has 1 unspecified atom stereocenters. The summed E-state index contributed by atoms with van der Waals surface area (Å²) in [6.45, 7) is 3.73. The van der Waals surface area contributed by atoms with E-state index in [0.717, 1.165) is 37.5 Å². The summed E-state index contributed by atoms with van der Waals surface area (Å²) in [5.41, 5.74) is 0. The van der Waals surface area contributed by atoms with Gasteiger partial charge in [-0.25, -0.2) is 13.4 Å². The molecule has 0 aliphatic carbocycles. The van der Waals surface area contributed by atoms with Crippen molar-refractivity contribution in [3.05, 3.63) is 24.2 Å². The third-order valence-electron chi connectivity index (χ3n) is 5.72.